The Morgan fingerprint density at radius 3 is 2.77 bits per heavy atom. The van der Waals surface area contributed by atoms with Gasteiger partial charge in [0.2, 0.25) is 5.91 Å². The van der Waals surface area contributed by atoms with Crippen LogP contribution in [0.4, 0.5) is 0 Å². The van der Waals surface area contributed by atoms with Crippen LogP contribution in [0.15, 0.2) is 17.5 Å². The van der Waals surface area contributed by atoms with Crippen molar-refractivity contribution in [2.45, 2.75) is 45.6 Å². The second kappa shape index (κ2) is 9.00. The maximum absolute atomic E-state index is 12.7. The zero-order chi connectivity index (χ0) is 18.5. The average Bonchev–Trinajstić information content (AvgIpc) is 3.20. The first-order valence-electron chi connectivity index (χ1n) is 9.89. The monoisotopic (exact) mass is 377 g/mol. The van der Waals surface area contributed by atoms with Gasteiger partial charge in [0, 0.05) is 32.2 Å². The quantitative estimate of drug-likeness (QED) is 0.858. The lowest BCUT2D eigenvalue weighted by atomic mass is 9.94. The number of amides is 2. The molecule has 2 fully saturated rings. The van der Waals surface area contributed by atoms with Crippen molar-refractivity contribution in [3.8, 4) is 0 Å². The Morgan fingerprint density at radius 1 is 1.23 bits per heavy atom. The van der Waals surface area contributed by atoms with Gasteiger partial charge in [-0.1, -0.05) is 6.07 Å². The van der Waals surface area contributed by atoms with Gasteiger partial charge in [0.15, 0.2) is 0 Å². The van der Waals surface area contributed by atoms with Crippen LogP contribution in [-0.2, 0) is 4.79 Å². The smallest absolute Gasteiger partial charge is 0.263 e. The van der Waals surface area contributed by atoms with Gasteiger partial charge in [-0.05, 0) is 63.4 Å². The Morgan fingerprint density at radius 2 is 2.04 bits per heavy atom. The summed E-state index contributed by atoms with van der Waals surface area (Å²) in [5, 5.41) is 5.10. The van der Waals surface area contributed by atoms with E-state index < -0.39 is 0 Å². The number of hydrogen-bond acceptors (Lipinski definition) is 4. The normalized spacial score (nSPS) is 24.7. The van der Waals surface area contributed by atoms with E-state index in [0.717, 1.165) is 37.4 Å². The molecule has 2 amide bonds. The van der Waals surface area contributed by atoms with Crippen molar-refractivity contribution in [1.82, 2.24) is 15.1 Å². The molecule has 0 bridgehead atoms. The van der Waals surface area contributed by atoms with Crippen LogP contribution in [0, 0.1) is 11.8 Å². The van der Waals surface area contributed by atoms with Crippen molar-refractivity contribution >= 4 is 23.2 Å². The van der Waals surface area contributed by atoms with Crippen molar-refractivity contribution in [3.63, 3.8) is 0 Å². The molecule has 2 aliphatic heterocycles. The van der Waals surface area contributed by atoms with Crippen LogP contribution >= 0.6 is 11.3 Å². The molecule has 0 radical (unpaired) electrons. The number of rotatable bonds is 5. The fraction of sp³-hybridized carbons (Fsp3) is 0.700. The van der Waals surface area contributed by atoms with Crippen LogP contribution < -0.4 is 5.32 Å². The number of carbonyl (C=O) groups excluding carboxylic acids is 2. The van der Waals surface area contributed by atoms with E-state index in [1.54, 1.807) is 0 Å². The highest BCUT2D eigenvalue weighted by Crippen LogP contribution is 2.22. The molecule has 0 spiro atoms. The predicted molar refractivity (Wildman–Crippen MR) is 105 cm³/mol. The van der Waals surface area contributed by atoms with E-state index in [0.29, 0.717) is 18.5 Å². The number of carbonyl (C=O) groups is 2. The summed E-state index contributed by atoms with van der Waals surface area (Å²) in [6.07, 6.45) is 4.19. The summed E-state index contributed by atoms with van der Waals surface area (Å²) in [6.45, 7) is 8.79. The molecule has 144 valence electrons. The first kappa shape index (κ1) is 19.4. The molecule has 2 aliphatic rings. The van der Waals surface area contributed by atoms with E-state index in [4.69, 9.17) is 0 Å². The van der Waals surface area contributed by atoms with Gasteiger partial charge in [-0.25, -0.2) is 0 Å². The number of nitrogens with zero attached hydrogens (tertiary/aromatic N) is 2. The second-order valence-corrected chi connectivity index (χ2v) is 8.86. The van der Waals surface area contributed by atoms with Gasteiger partial charge in [0.1, 0.15) is 0 Å². The van der Waals surface area contributed by atoms with Gasteiger partial charge >= 0.3 is 0 Å². The molecule has 3 rings (SSSR count). The van der Waals surface area contributed by atoms with Crippen LogP contribution in [0.25, 0.3) is 0 Å². The highest BCUT2D eigenvalue weighted by molar-refractivity contribution is 7.12. The van der Waals surface area contributed by atoms with E-state index in [-0.39, 0.29) is 17.7 Å². The number of hydrogen-bond donors (Lipinski definition) is 1. The lowest BCUT2D eigenvalue weighted by Gasteiger charge is -2.36. The van der Waals surface area contributed by atoms with E-state index in [2.05, 4.69) is 24.1 Å². The Labute approximate surface area is 160 Å². The van der Waals surface area contributed by atoms with Gasteiger partial charge in [0.05, 0.1) is 10.8 Å². The molecule has 3 heterocycles. The third-order valence-corrected chi connectivity index (χ3v) is 6.51. The fourth-order valence-corrected chi connectivity index (χ4v) is 4.74. The number of nitrogens with one attached hydrogen (secondary N) is 1. The first-order chi connectivity index (χ1) is 12.5. The Bertz CT molecular complexity index is 602. The van der Waals surface area contributed by atoms with Gasteiger partial charge in [-0.3, -0.25) is 9.59 Å². The van der Waals surface area contributed by atoms with Crippen molar-refractivity contribution in [3.05, 3.63) is 22.4 Å². The molecule has 1 N–H and O–H groups in total. The first-order valence-corrected chi connectivity index (χ1v) is 10.8. The molecule has 2 atom stereocenters. The SMILES string of the molecule is CC(C)N1CCCC(CNC(=O)C2CCCN(C(=O)c3cccs3)C2)C1. The van der Waals surface area contributed by atoms with Crippen LogP contribution in [0.2, 0.25) is 0 Å². The molecule has 1 aromatic heterocycles. The molecular formula is C20H31N3O2S. The average molecular weight is 378 g/mol. The fourth-order valence-electron chi connectivity index (χ4n) is 4.05. The summed E-state index contributed by atoms with van der Waals surface area (Å²) < 4.78 is 0. The molecule has 0 aromatic carbocycles. The Hall–Kier alpha value is -1.40. The minimum atomic E-state index is -0.0718. The molecule has 2 saturated heterocycles. The Balaban J connectivity index is 1.47. The zero-order valence-electron chi connectivity index (χ0n) is 15.9. The number of thiophene rings is 1. The van der Waals surface area contributed by atoms with E-state index in [1.165, 1.54) is 30.7 Å². The van der Waals surface area contributed by atoms with Gasteiger partial charge < -0.3 is 15.1 Å². The number of likely N-dealkylation sites (tertiary alicyclic amines) is 2. The van der Waals surface area contributed by atoms with Gasteiger partial charge in [-0.15, -0.1) is 11.3 Å². The third-order valence-electron chi connectivity index (χ3n) is 5.66. The minimum absolute atomic E-state index is 0.0670. The number of piperidine rings is 2. The standard InChI is InChI=1S/C20H31N3O2S/c1-15(2)22-9-3-6-16(13-22)12-21-19(24)17-7-4-10-23(14-17)20(25)18-8-5-11-26-18/h5,8,11,15-17H,3-4,6-7,9-10,12-14H2,1-2H3,(H,21,24). The summed E-state index contributed by atoms with van der Waals surface area (Å²) in [5.74, 6) is 0.660. The molecule has 1 aromatic rings. The third kappa shape index (κ3) is 4.86. The molecule has 6 heteroatoms. The highest BCUT2D eigenvalue weighted by Gasteiger charge is 2.30. The van der Waals surface area contributed by atoms with E-state index >= 15 is 0 Å². The highest BCUT2D eigenvalue weighted by atomic mass is 32.1. The van der Waals surface area contributed by atoms with Crippen LogP contribution in [-0.4, -0.2) is 60.4 Å². The van der Waals surface area contributed by atoms with Crippen LogP contribution in [0.3, 0.4) is 0 Å². The van der Waals surface area contributed by atoms with E-state index in [9.17, 15) is 9.59 Å². The summed E-state index contributed by atoms with van der Waals surface area (Å²) in [7, 11) is 0. The Kier molecular flexibility index (Phi) is 6.70. The summed E-state index contributed by atoms with van der Waals surface area (Å²) in [5.41, 5.74) is 0. The predicted octanol–water partition coefficient (Wildman–Crippen LogP) is 2.84. The summed E-state index contributed by atoms with van der Waals surface area (Å²) in [4.78, 5) is 30.3. The topological polar surface area (TPSA) is 52.7 Å². The molecule has 26 heavy (non-hydrogen) atoms. The maximum Gasteiger partial charge on any atom is 0.263 e. The van der Waals surface area contributed by atoms with Crippen molar-refractivity contribution < 1.29 is 9.59 Å². The van der Waals surface area contributed by atoms with Gasteiger partial charge in [-0.2, -0.15) is 0 Å². The minimum Gasteiger partial charge on any atom is -0.355 e. The van der Waals surface area contributed by atoms with Gasteiger partial charge in [0.25, 0.3) is 5.91 Å². The molecule has 0 aliphatic carbocycles. The van der Waals surface area contributed by atoms with Crippen LogP contribution in [0.5, 0.6) is 0 Å². The largest absolute Gasteiger partial charge is 0.355 e. The summed E-state index contributed by atoms with van der Waals surface area (Å²) in [6, 6.07) is 4.33. The molecule has 5 nitrogen and oxygen atoms in total. The van der Waals surface area contributed by atoms with Crippen molar-refractivity contribution in [2.75, 3.05) is 32.7 Å². The lowest BCUT2D eigenvalue weighted by Crippen LogP contribution is -2.48. The van der Waals surface area contributed by atoms with Crippen molar-refractivity contribution in [1.29, 1.82) is 0 Å². The molecule has 0 saturated carbocycles. The maximum atomic E-state index is 12.7. The van der Waals surface area contributed by atoms with E-state index in [1.807, 2.05) is 22.4 Å². The lowest BCUT2D eigenvalue weighted by molar-refractivity contribution is -0.126. The molecular weight excluding hydrogens is 346 g/mol. The van der Waals surface area contributed by atoms with Crippen molar-refractivity contribution in [2.24, 2.45) is 11.8 Å². The molecule has 2 unspecified atom stereocenters. The summed E-state index contributed by atoms with van der Waals surface area (Å²) >= 11 is 1.47. The zero-order valence-corrected chi connectivity index (χ0v) is 16.8. The second-order valence-electron chi connectivity index (χ2n) is 7.91. The van der Waals surface area contributed by atoms with Crippen LogP contribution in [0.1, 0.15) is 49.2 Å².